The number of alkyl halides is 1. The maximum atomic E-state index is 14.2. The lowest BCUT2D eigenvalue weighted by atomic mass is 10.0. The molecule has 2 aromatic rings. The van der Waals surface area contributed by atoms with E-state index in [9.17, 15) is 4.39 Å². The minimum absolute atomic E-state index is 0.352. The molecule has 0 aliphatic rings. The molecule has 0 spiro atoms. The number of methoxy groups -OCH3 is 2. The van der Waals surface area contributed by atoms with Crippen LogP contribution < -0.4 is 9.47 Å². The Morgan fingerprint density at radius 3 is 2.14 bits per heavy atom. The molecule has 21 heavy (non-hydrogen) atoms. The van der Waals surface area contributed by atoms with E-state index in [0.717, 1.165) is 5.56 Å². The van der Waals surface area contributed by atoms with Gasteiger partial charge < -0.3 is 9.47 Å². The van der Waals surface area contributed by atoms with Crippen molar-refractivity contribution in [3.63, 3.8) is 0 Å². The monoisotopic (exact) mass is 436 g/mol. The van der Waals surface area contributed by atoms with Crippen molar-refractivity contribution >= 4 is 43.5 Å². The smallest absolute Gasteiger partial charge is 0.129 e. The van der Waals surface area contributed by atoms with Gasteiger partial charge in [0.25, 0.3) is 0 Å². The minimum Gasteiger partial charge on any atom is -0.497 e. The van der Waals surface area contributed by atoms with Crippen molar-refractivity contribution in [3.8, 4) is 11.5 Å². The third kappa shape index (κ3) is 3.71. The fraction of sp³-hybridized carbons (Fsp3) is 0.200. The van der Waals surface area contributed by atoms with Crippen molar-refractivity contribution in [2.75, 3.05) is 14.2 Å². The van der Waals surface area contributed by atoms with Crippen LogP contribution in [0.5, 0.6) is 11.5 Å². The van der Waals surface area contributed by atoms with E-state index in [4.69, 9.17) is 21.1 Å². The maximum absolute atomic E-state index is 14.2. The lowest BCUT2D eigenvalue weighted by Gasteiger charge is -2.15. The van der Waals surface area contributed by atoms with Gasteiger partial charge in [0.2, 0.25) is 0 Å². The van der Waals surface area contributed by atoms with Gasteiger partial charge in [0.05, 0.1) is 24.1 Å². The van der Waals surface area contributed by atoms with Crippen LogP contribution in [0.4, 0.5) is 4.39 Å². The van der Waals surface area contributed by atoms with Gasteiger partial charge in [-0.1, -0.05) is 27.5 Å². The molecule has 0 heterocycles. The van der Waals surface area contributed by atoms with Gasteiger partial charge in [0.15, 0.2) is 0 Å². The number of halogens is 4. The number of benzene rings is 2. The highest BCUT2D eigenvalue weighted by Crippen LogP contribution is 2.39. The zero-order chi connectivity index (χ0) is 15.6. The van der Waals surface area contributed by atoms with E-state index in [2.05, 4.69) is 31.9 Å². The van der Waals surface area contributed by atoms with Crippen molar-refractivity contribution in [1.82, 2.24) is 0 Å². The van der Waals surface area contributed by atoms with E-state index < -0.39 is 0 Å². The summed E-state index contributed by atoms with van der Waals surface area (Å²) >= 11 is 12.8. The summed E-state index contributed by atoms with van der Waals surface area (Å²) in [5.41, 5.74) is 1.25. The Morgan fingerprint density at radius 1 is 1.05 bits per heavy atom. The largest absolute Gasteiger partial charge is 0.497 e. The van der Waals surface area contributed by atoms with Gasteiger partial charge in [-0.2, -0.15) is 0 Å². The van der Waals surface area contributed by atoms with Crippen LogP contribution in [0.25, 0.3) is 0 Å². The van der Waals surface area contributed by atoms with Crippen molar-refractivity contribution in [3.05, 3.63) is 56.8 Å². The predicted molar refractivity (Wildman–Crippen MR) is 89.4 cm³/mol. The van der Waals surface area contributed by atoms with Crippen LogP contribution >= 0.6 is 43.5 Å². The van der Waals surface area contributed by atoms with E-state index in [1.165, 1.54) is 6.07 Å². The van der Waals surface area contributed by atoms with Gasteiger partial charge in [-0.05, 0) is 45.8 Å². The summed E-state index contributed by atoms with van der Waals surface area (Å²) in [6.07, 6.45) is 0. The zero-order valence-corrected chi connectivity index (χ0v) is 15.2. The standard InChI is InChI=1S/C15H12Br2ClFO2/c1-20-9-3-8(4-10(5-9)21-2)15(17)11-6-13(18)12(16)7-14(11)19/h3-7,15H,1-2H3. The first kappa shape index (κ1) is 16.6. The third-order valence-corrected chi connectivity index (χ3v) is 5.20. The predicted octanol–water partition coefficient (Wildman–Crippen LogP) is 5.74. The topological polar surface area (TPSA) is 18.5 Å². The van der Waals surface area contributed by atoms with Crippen LogP contribution in [0, 0.1) is 5.82 Å². The van der Waals surface area contributed by atoms with Gasteiger partial charge in [0.1, 0.15) is 17.3 Å². The number of hydrogen-bond donors (Lipinski definition) is 0. The Morgan fingerprint density at radius 2 is 1.62 bits per heavy atom. The maximum Gasteiger partial charge on any atom is 0.129 e. The quantitative estimate of drug-likeness (QED) is 0.448. The summed E-state index contributed by atoms with van der Waals surface area (Å²) in [6, 6.07) is 8.33. The SMILES string of the molecule is COc1cc(OC)cc(C(Br)c2cc(Cl)c(Br)cc2F)c1. The summed E-state index contributed by atoms with van der Waals surface area (Å²) in [5, 5.41) is 0.450. The number of rotatable bonds is 4. The van der Waals surface area contributed by atoms with E-state index in [1.807, 2.05) is 12.1 Å². The normalized spacial score (nSPS) is 12.1. The second-order valence-corrected chi connectivity index (χ2v) is 6.47. The Kier molecular flexibility index (Phi) is 5.52. The van der Waals surface area contributed by atoms with Crippen LogP contribution in [0.15, 0.2) is 34.8 Å². The second-order valence-electron chi connectivity index (χ2n) is 4.30. The highest BCUT2D eigenvalue weighted by molar-refractivity contribution is 9.10. The molecule has 2 rings (SSSR count). The van der Waals surface area contributed by atoms with Crippen molar-refractivity contribution in [1.29, 1.82) is 0 Å². The lowest BCUT2D eigenvalue weighted by Crippen LogP contribution is -1.99. The van der Waals surface area contributed by atoms with Gasteiger partial charge in [-0.25, -0.2) is 4.39 Å². The van der Waals surface area contributed by atoms with E-state index in [0.29, 0.717) is 26.6 Å². The first-order valence-corrected chi connectivity index (χ1v) is 8.06. The van der Waals surface area contributed by atoms with E-state index in [-0.39, 0.29) is 10.6 Å². The van der Waals surface area contributed by atoms with Crippen molar-refractivity contribution < 1.29 is 13.9 Å². The molecule has 1 unspecified atom stereocenters. The minimum atomic E-state index is -0.368. The van der Waals surface area contributed by atoms with Gasteiger partial charge in [0, 0.05) is 16.1 Å². The molecule has 0 saturated heterocycles. The molecule has 2 aromatic carbocycles. The first-order chi connectivity index (χ1) is 9.96. The molecule has 112 valence electrons. The lowest BCUT2D eigenvalue weighted by molar-refractivity contribution is 0.393. The average Bonchev–Trinajstić information content (AvgIpc) is 2.49. The molecule has 0 aromatic heterocycles. The molecular weight excluding hydrogens is 426 g/mol. The van der Waals surface area contributed by atoms with Crippen LogP contribution in [0.3, 0.4) is 0 Å². The Balaban J connectivity index is 2.49. The molecule has 0 N–H and O–H groups in total. The highest BCUT2D eigenvalue weighted by Gasteiger charge is 2.18. The fourth-order valence-electron chi connectivity index (χ4n) is 1.89. The average molecular weight is 439 g/mol. The van der Waals surface area contributed by atoms with Crippen molar-refractivity contribution in [2.24, 2.45) is 0 Å². The molecule has 0 bridgehead atoms. The molecular formula is C15H12Br2ClFO2. The zero-order valence-electron chi connectivity index (χ0n) is 11.3. The van der Waals surface area contributed by atoms with Crippen LogP contribution in [0.1, 0.15) is 16.0 Å². The Labute approximate surface area is 144 Å². The molecule has 0 radical (unpaired) electrons. The molecule has 0 amide bonds. The summed E-state index contributed by atoms with van der Waals surface area (Å²) in [5.74, 6) is 0.921. The second kappa shape index (κ2) is 6.99. The van der Waals surface area contributed by atoms with E-state index in [1.54, 1.807) is 26.4 Å². The molecule has 0 saturated carbocycles. The van der Waals surface area contributed by atoms with Gasteiger partial charge >= 0.3 is 0 Å². The van der Waals surface area contributed by atoms with Gasteiger partial charge in [-0.3, -0.25) is 0 Å². The van der Waals surface area contributed by atoms with E-state index >= 15 is 0 Å². The van der Waals surface area contributed by atoms with Crippen molar-refractivity contribution in [2.45, 2.75) is 4.83 Å². The summed E-state index contributed by atoms with van der Waals surface area (Å²) in [4.78, 5) is -0.368. The fourth-order valence-corrected chi connectivity index (χ4v) is 2.99. The van der Waals surface area contributed by atoms with Crippen LogP contribution in [0.2, 0.25) is 5.02 Å². The summed E-state index contributed by atoms with van der Waals surface area (Å²) < 4.78 is 25.1. The molecule has 2 nitrogen and oxygen atoms in total. The molecule has 6 heteroatoms. The molecule has 0 fully saturated rings. The Hall–Kier alpha value is -0.780. The number of ether oxygens (including phenoxy) is 2. The molecule has 0 aliphatic carbocycles. The van der Waals surface area contributed by atoms with Gasteiger partial charge in [-0.15, -0.1) is 0 Å². The van der Waals surface area contributed by atoms with Crippen LogP contribution in [-0.4, -0.2) is 14.2 Å². The summed E-state index contributed by atoms with van der Waals surface area (Å²) in [6.45, 7) is 0. The Bertz CT molecular complexity index is 642. The molecule has 1 atom stereocenters. The number of hydrogen-bond acceptors (Lipinski definition) is 2. The van der Waals surface area contributed by atoms with Crippen LogP contribution in [-0.2, 0) is 0 Å². The molecule has 0 aliphatic heterocycles. The summed E-state index contributed by atoms with van der Waals surface area (Å²) in [7, 11) is 3.14. The highest BCUT2D eigenvalue weighted by atomic mass is 79.9. The third-order valence-electron chi connectivity index (χ3n) is 2.98. The first-order valence-electron chi connectivity index (χ1n) is 5.97.